The fourth-order valence-electron chi connectivity index (χ4n) is 2.14. The average molecular weight is 285 g/mol. The number of carbonyl (C=O) groups excluding carboxylic acids is 3. The van der Waals surface area contributed by atoms with Crippen LogP contribution in [0.4, 0.5) is 0 Å². The quantitative estimate of drug-likeness (QED) is 0.444. The molecule has 0 fully saturated rings. The number of ether oxygens (including phenoxy) is 3. The molecule has 0 bridgehead atoms. The Labute approximate surface area is 117 Å². The Bertz CT molecular complexity index is 444. The second kappa shape index (κ2) is 6.51. The molecule has 0 saturated carbocycles. The molecule has 7 heteroatoms. The van der Waals surface area contributed by atoms with Crippen LogP contribution >= 0.6 is 0 Å². The van der Waals surface area contributed by atoms with Crippen molar-refractivity contribution in [3.8, 4) is 0 Å². The van der Waals surface area contributed by atoms with E-state index in [4.69, 9.17) is 19.9 Å². The molecule has 0 amide bonds. The van der Waals surface area contributed by atoms with Crippen LogP contribution in [-0.4, -0.2) is 42.3 Å². The van der Waals surface area contributed by atoms with E-state index in [1.165, 1.54) is 20.8 Å². The molecule has 0 aromatic rings. The molecule has 4 atom stereocenters. The summed E-state index contributed by atoms with van der Waals surface area (Å²) in [7, 11) is 0. The number of hydrogen-bond donors (Lipinski definition) is 1. The van der Waals surface area contributed by atoms with Gasteiger partial charge in [-0.3, -0.25) is 14.4 Å². The van der Waals surface area contributed by atoms with E-state index in [1.54, 1.807) is 13.0 Å². The maximum atomic E-state index is 11.2. The van der Waals surface area contributed by atoms with E-state index in [9.17, 15) is 14.4 Å². The van der Waals surface area contributed by atoms with E-state index in [-0.39, 0.29) is 0 Å². The molecule has 0 spiro atoms. The summed E-state index contributed by atoms with van der Waals surface area (Å²) in [5.41, 5.74) is 6.53. The lowest BCUT2D eigenvalue weighted by molar-refractivity contribution is -0.182. The number of esters is 3. The minimum absolute atomic E-state index is 0.531. The van der Waals surface area contributed by atoms with Crippen molar-refractivity contribution < 1.29 is 28.6 Å². The standard InChI is InChI=1S/C13H19NO6/c1-6-5-10(14)12(19-8(3)16)13(20-9(4)17)11(6)18-7(2)15/h5,10-13H,14H2,1-4H3/t10-,11+,12+,13+/m0/s1. The number of carbonyl (C=O) groups is 3. The van der Waals surface area contributed by atoms with E-state index >= 15 is 0 Å². The third kappa shape index (κ3) is 4.06. The van der Waals surface area contributed by atoms with Gasteiger partial charge in [-0.1, -0.05) is 6.08 Å². The zero-order valence-electron chi connectivity index (χ0n) is 11.9. The summed E-state index contributed by atoms with van der Waals surface area (Å²) in [5.74, 6) is -1.67. The topological polar surface area (TPSA) is 105 Å². The lowest BCUT2D eigenvalue weighted by Gasteiger charge is -2.38. The van der Waals surface area contributed by atoms with Crippen LogP contribution in [0, 0.1) is 0 Å². The Morgan fingerprint density at radius 2 is 1.40 bits per heavy atom. The summed E-state index contributed by atoms with van der Waals surface area (Å²) in [6.45, 7) is 5.39. The Morgan fingerprint density at radius 3 is 1.85 bits per heavy atom. The Kier molecular flexibility index (Phi) is 5.26. The zero-order valence-corrected chi connectivity index (χ0v) is 11.9. The van der Waals surface area contributed by atoms with Gasteiger partial charge in [-0.15, -0.1) is 0 Å². The molecule has 1 aliphatic rings. The molecule has 0 unspecified atom stereocenters. The summed E-state index contributed by atoms with van der Waals surface area (Å²) in [4.78, 5) is 33.5. The minimum Gasteiger partial charge on any atom is -0.456 e. The molecule has 0 saturated heterocycles. The first-order valence-electron chi connectivity index (χ1n) is 6.18. The van der Waals surface area contributed by atoms with Gasteiger partial charge in [0.15, 0.2) is 18.3 Å². The summed E-state index contributed by atoms with van der Waals surface area (Å²) in [5, 5.41) is 0. The van der Waals surface area contributed by atoms with Gasteiger partial charge in [-0.05, 0) is 12.5 Å². The van der Waals surface area contributed by atoms with Crippen molar-refractivity contribution in [3.63, 3.8) is 0 Å². The first-order valence-corrected chi connectivity index (χ1v) is 6.18. The van der Waals surface area contributed by atoms with Gasteiger partial charge < -0.3 is 19.9 Å². The maximum Gasteiger partial charge on any atom is 0.303 e. The van der Waals surface area contributed by atoms with Gasteiger partial charge in [0.2, 0.25) is 0 Å². The van der Waals surface area contributed by atoms with Gasteiger partial charge in [0.1, 0.15) is 0 Å². The molecule has 1 rings (SSSR count). The molecule has 0 aromatic heterocycles. The van der Waals surface area contributed by atoms with Gasteiger partial charge in [-0.25, -0.2) is 0 Å². The van der Waals surface area contributed by atoms with Gasteiger partial charge in [0.05, 0.1) is 6.04 Å². The fraction of sp³-hybridized carbons (Fsp3) is 0.615. The van der Waals surface area contributed by atoms with Crippen molar-refractivity contribution in [2.45, 2.75) is 52.0 Å². The summed E-state index contributed by atoms with van der Waals surface area (Å²) >= 11 is 0. The van der Waals surface area contributed by atoms with Crippen molar-refractivity contribution in [2.75, 3.05) is 0 Å². The van der Waals surface area contributed by atoms with Crippen LogP contribution in [0.25, 0.3) is 0 Å². The maximum absolute atomic E-state index is 11.2. The second-order valence-corrected chi connectivity index (χ2v) is 4.67. The number of hydrogen-bond acceptors (Lipinski definition) is 7. The lowest BCUT2D eigenvalue weighted by atomic mass is 9.88. The third-order valence-corrected chi connectivity index (χ3v) is 2.80. The molecule has 7 nitrogen and oxygen atoms in total. The van der Waals surface area contributed by atoms with Crippen LogP contribution in [0.2, 0.25) is 0 Å². The van der Waals surface area contributed by atoms with E-state index in [1.807, 2.05) is 0 Å². The highest BCUT2D eigenvalue weighted by molar-refractivity contribution is 5.69. The van der Waals surface area contributed by atoms with Crippen molar-refractivity contribution in [1.82, 2.24) is 0 Å². The highest BCUT2D eigenvalue weighted by Crippen LogP contribution is 2.27. The van der Waals surface area contributed by atoms with Gasteiger partial charge in [0, 0.05) is 20.8 Å². The smallest absolute Gasteiger partial charge is 0.303 e. The molecule has 2 N–H and O–H groups in total. The Hall–Kier alpha value is -1.89. The lowest BCUT2D eigenvalue weighted by Crippen LogP contribution is -2.56. The molecule has 0 aromatic carbocycles. The molecule has 112 valence electrons. The molecule has 20 heavy (non-hydrogen) atoms. The van der Waals surface area contributed by atoms with Crippen LogP contribution in [0.1, 0.15) is 27.7 Å². The largest absolute Gasteiger partial charge is 0.456 e. The second-order valence-electron chi connectivity index (χ2n) is 4.67. The monoisotopic (exact) mass is 285 g/mol. The molecular weight excluding hydrogens is 266 g/mol. The first-order chi connectivity index (χ1) is 9.22. The summed E-state index contributed by atoms with van der Waals surface area (Å²) in [6, 6.07) is -0.643. The summed E-state index contributed by atoms with van der Waals surface area (Å²) < 4.78 is 15.4. The van der Waals surface area contributed by atoms with E-state index < -0.39 is 42.3 Å². The fourth-order valence-corrected chi connectivity index (χ4v) is 2.14. The van der Waals surface area contributed by atoms with Crippen LogP contribution in [0.3, 0.4) is 0 Å². The van der Waals surface area contributed by atoms with E-state index in [2.05, 4.69) is 0 Å². The highest BCUT2D eigenvalue weighted by Gasteiger charge is 2.44. The first kappa shape index (κ1) is 16.2. The Balaban J connectivity index is 3.10. The highest BCUT2D eigenvalue weighted by atomic mass is 16.6. The molecule has 0 heterocycles. The van der Waals surface area contributed by atoms with Crippen molar-refractivity contribution in [1.29, 1.82) is 0 Å². The predicted octanol–water partition coefficient (Wildman–Crippen LogP) is 0.0687. The zero-order chi connectivity index (χ0) is 15.4. The average Bonchev–Trinajstić information content (AvgIpc) is 2.27. The van der Waals surface area contributed by atoms with Crippen LogP contribution in [0.15, 0.2) is 11.6 Å². The molecular formula is C13H19NO6. The number of rotatable bonds is 3. The SMILES string of the molecule is CC(=O)O[C@H]1[C@H](OC(C)=O)[C@@H](N)C=C(C)[C@H]1OC(C)=O. The molecule has 1 aliphatic carbocycles. The van der Waals surface area contributed by atoms with Gasteiger partial charge in [0.25, 0.3) is 0 Å². The Morgan fingerprint density at radius 1 is 0.950 bits per heavy atom. The third-order valence-electron chi connectivity index (χ3n) is 2.80. The van der Waals surface area contributed by atoms with Gasteiger partial charge in [-0.2, -0.15) is 0 Å². The van der Waals surface area contributed by atoms with E-state index in [0.29, 0.717) is 5.57 Å². The van der Waals surface area contributed by atoms with Crippen LogP contribution < -0.4 is 5.73 Å². The van der Waals surface area contributed by atoms with Crippen molar-refractivity contribution in [2.24, 2.45) is 5.73 Å². The number of nitrogens with two attached hydrogens (primary N) is 1. The summed E-state index contributed by atoms with van der Waals surface area (Å²) in [6.07, 6.45) is -1.05. The van der Waals surface area contributed by atoms with Gasteiger partial charge >= 0.3 is 17.9 Å². The molecule has 0 radical (unpaired) electrons. The normalized spacial score (nSPS) is 29.1. The van der Waals surface area contributed by atoms with Crippen molar-refractivity contribution in [3.05, 3.63) is 11.6 Å². The van der Waals surface area contributed by atoms with E-state index in [0.717, 1.165) is 0 Å². The van der Waals surface area contributed by atoms with Crippen LogP contribution in [0.5, 0.6) is 0 Å². The van der Waals surface area contributed by atoms with Crippen molar-refractivity contribution >= 4 is 17.9 Å². The minimum atomic E-state index is -0.958. The van der Waals surface area contributed by atoms with Crippen LogP contribution in [-0.2, 0) is 28.6 Å². The molecule has 0 aliphatic heterocycles. The predicted molar refractivity (Wildman–Crippen MR) is 68.4 cm³/mol.